The predicted molar refractivity (Wildman–Crippen MR) is 120 cm³/mol. The molecule has 0 N–H and O–H groups in total. The highest BCUT2D eigenvalue weighted by atomic mass is 14.5. The molecule has 0 radical (unpaired) electrons. The van der Waals surface area contributed by atoms with Gasteiger partial charge < -0.3 is 0 Å². The summed E-state index contributed by atoms with van der Waals surface area (Å²) < 4.78 is 0. The molecular weight excluding hydrogens is 311 g/mol. The van der Waals surface area contributed by atoms with Crippen LogP contribution in [0, 0.1) is 23.2 Å². The minimum Gasteiger partial charge on any atom is -0.0897 e. The number of fused-ring (bicyclic) bond motifs is 2. The third-order valence-corrected chi connectivity index (χ3v) is 7.29. The maximum absolute atomic E-state index is 2.62. The topological polar surface area (TPSA) is 0 Å². The van der Waals surface area contributed by atoms with Gasteiger partial charge in [0.15, 0.2) is 6.71 Å². The van der Waals surface area contributed by atoms with Crippen LogP contribution in [0.2, 0.25) is 17.5 Å². The molecule has 26 heavy (non-hydrogen) atoms. The molecule has 2 bridgehead atoms. The fourth-order valence-electron chi connectivity index (χ4n) is 5.93. The van der Waals surface area contributed by atoms with E-state index in [-0.39, 0.29) is 0 Å². The molecule has 5 atom stereocenters. The first kappa shape index (κ1) is 21.6. The van der Waals surface area contributed by atoms with E-state index in [9.17, 15) is 0 Å². The molecule has 0 aromatic carbocycles. The van der Waals surface area contributed by atoms with E-state index in [0.29, 0.717) is 35.6 Å². The normalized spacial score (nSPS) is 27.6. The van der Waals surface area contributed by atoms with Crippen molar-refractivity contribution < 1.29 is 0 Å². The third-order valence-electron chi connectivity index (χ3n) is 7.29. The number of hydrogen-bond acceptors (Lipinski definition) is 0. The highest BCUT2D eigenvalue weighted by molar-refractivity contribution is 6.65. The van der Waals surface area contributed by atoms with Crippen molar-refractivity contribution in [2.24, 2.45) is 23.2 Å². The molecule has 0 heterocycles. The zero-order chi connectivity index (χ0) is 19.6. The van der Waals surface area contributed by atoms with Gasteiger partial charge in [-0.05, 0) is 81.8 Å². The summed E-state index contributed by atoms with van der Waals surface area (Å²) in [6.45, 7) is 22.2. The lowest BCUT2D eigenvalue weighted by atomic mass is 9.22. The van der Waals surface area contributed by atoms with Crippen molar-refractivity contribution in [3.05, 3.63) is 35.5 Å². The van der Waals surface area contributed by atoms with E-state index in [4.69, 9.17) is 0 Å². The Morgan fingerprint density at radius 3 is 1.69 bits per heavy atom. The second-order valence-electron chi connectivity index (χ2n) is 10.6. The summed E-state index contributed by atoms with van der Waals surface area (Å²) in [5.41, 5.74) is 3.41. The van der Waals surface area contributed by atoms with Gasteiger partial charge in [-0.2, -0.15) is 0 Å². The Morgan fingerprint density at radius 1 is 0.923 bits per heavy atom. The van der Waals surface area contributed by atoms with Gasteiger partial charge in [0.1, 0.15) is 0 Å². The molecule has 5 unspecified atom stereocenters. The fourth-order valence-corrected chi connectivity index (χ4v) is 5.93. The SMILES string of the molecule is CC(C)=CC(B(C(C=C(C)C)C(C)C)C(C)C12C=CC(CC1)C2)C(C)C. The zero-order valence-electron chi connectivity index (χ0n) is 19.0. The Balaban J connectivity index is 2.51. The van der Waals surface area contributed by atoms with Crippen LogP contribution in [0.3, 0.4) is 0 Å². The van der Waals surface area contributed by atoms with Gasteiger partial charge >= 0.3 is 0 Å². The molecule has 2 aliphatic rings. The first-order valence-corrected chi connectivity index (χ1v) is 11.1. The molecule has 0 nitrogen and oxygen atoms in total. The number of rotatable bonds is 8. The van der Waals surface area contributed by atoms with E-state index in [0.717, 1.165) is 11.7 Å². The van der Waals surface area contributed by atoms with Crippen molar-refractivity contribution in [1.82, 2.24) is 0 Å². The van der Waals surface area contributed by atoms with Gasteiger partial charge in [-0.3, -0.25) is 0 Å². The van der Waals surface area contributed by atoms with Gasteiger partial charge in [-0.1, -0.05) is 75.9 Å². The molecule has 0 saturated heterocycles. The monoisotopic (exact) mass is 354 g/mol. The molecule has 0 aromatic rings. The summed E-state index contributed by atoms with van der Waals surface area (Å²) in [6.07, 6.45) is 14.6. The Hall–Kier alpha value is -0.715. The van der Waals surface area contributed by atoms with Gasteiger partial charge in [-0.25, -0.2) is 0 Å². The minimum absolute atomic E-state index is 0.459. The summed E-state index contributed by atoms with van der Waals surface area (Å²) in [4.78, 5) is 0. The lowest BCUT2D eigenvalue weighted by Crippen LogP contribution is -2.40. The maximum atomic E-state index is 2.62. The van der Waals surface area contributed by atoms with Gasteiger partial charge in [0, 0.05) is 0 Å². The second-order valence-corrected chi connectivity index (χ2v) is 10.6. The molecule has 2 rings (SSSR count). The predicted octanol–water partition coefficient (Wildman–Crippen LogP) is 8.21. The third kappa shape index (κ3) is 4.57. The molecule has 1 fully saturated rings. The van der Waals surface area contributed by atoms with Gasteiger partial charge in [0.25, 0.3) is 0 Å². The summed E-state index contributed by atoms with van der Waals surface area (Å²) in [7, 11) is 0. The van der Waals surface area contributed by atoms with Crippen LogP contribution < -0.4 is 0 Å². The van der Waals surface area contributed by atoms with Crippen molar-refractivity contribution >= 4 is 6.71 Å². The molecular formula is C25H43B. The summed E-state index contributed by atoms with van der Waals surface area (Å²) in [5.74, 6) is 4.27. The van der Waals surface area contributed by atoms with Crippen LogP contribution in [-0.4, -0.2) is 6.71 Å². The quantitative estimate of drug-likeness (QED) is 0.304. The van der Waals surface area contributed by atoms with E-state index < -0.39 is 0 Å². The summed E-state index contributed by atoms with van der Waals surface area (Å²) in [5, 5.41) is 0. The van der Waals surface area contributed by atoms with E-state index >= 15 is 0 Å². The molecule has 0 amide bonds. The minimum atomic E-state index is 0.459. The van der Waals surface area contributed by atoms with E-state index in [1.54, 1.807) is 0 Å². The molecule has 1 saturated carbocycles. The number of hydrogen-bond donors (Lipinski definition) is 0. The van der Waals surface area contributed by atoms with E-state index in [1.807, 2.05) is 0 Å². The van der Waals surface area contributed by atoms with Crippen molar-refractivity contribution in [1.29, 1.82) is 0 Å². The van der Waals surface area contributed by atoms with E-state index in [1.165, 1.54) is 30.4 Å². The van der Waals surface area contributed by atoms with Crippen LogP contribution in [0.1, 0.15) is 81.6 Å². The van der Waals surface area contributed by atoms with E-state index in [2.05, 4.69) is 86.6 Å². The summed E-state index contributed by atoms with van der Waals surface area (Å²) >= 11 is 0. The maximum Gasteiger partial charge on any atom is 0.159 e. The lowest BCUT2D eigenvalue weighted by Gasteiger charge is -2.44. The Labute approximate surface area is 164 Å². The van der Waals surface area contributed by atoms with Crippen LogP contribution in [0.4, 0.5) is 0 Å². The lowest BCUT2D eigenvalue weighted by molar-refractivity contribution is 0.373. The first-order chi connectivity index (χ1) is 12.1. The van der Waals surface area contributed by atoms with Crippen LogP contribution >= 0.6 is 0 Å². The van der Waals surface area contributed by atoms with Crippen molar-refractivity contribution in [3.8, 4) is 0 Å². The molecule has 0 spiro atoms. The van der Waals surface area contributed by atoms with Gasteiger partial charge in [0.2, 0.25) is 0 Å². The highest BCUT2D eigenvalue weighted by Gasteiger charge is 2.51. The Kier molecular flexibility index (Phi) is 7.08. The van der Waals surface area contributed by atoms with Gasteiger partial charge in [-0.15, -0.1) is 0 Å². The largest absolute Gasteiger partial charge is 0.159 e. The Bertz CT molecular complexity index is 527. The van der Waals surface area contributed by atoms with Crippen LogP contribution in [0.25, 0.3) is 0 Å². The molecule has 2 aliphatic carbocycles. The van der Waals surface area contributed by atoms with Crippen molar-refractivity contribution in [2.45, 2.75) is 99.0 Å². The summed E-state index contributed by atoms with van der Waals surface area (Å²) in [6, 6.07) is 0. The molecule has 0 aliphatic heterocycles. The van der Waals surface area contributed by atoms with Crippen LogP contribution in [0.15, 0.2) is 35.5 Å². The van der Waals surface area contributed by atoms with Crippen LogP contribution in [-0.2, 0) is 0 Å². The van der Waals surface area contributed by atoms with Crippen molar-refractivity contribution in [2.75, 3.05) is 0 Å². The number of allylic oxidation sites excluding steroid dienone is 6. The highest BCUT2D eigenvalue weighted by Crippen LogP contribution is 2.60. The average Bonchev–Trinajstić information content (AvgIpc) is 3.14. The molecule has 0 aromatic heterocycles. The van der Waals surface area contributed by atoms with Gasteiger partial charge in [0.05, 0.1) is 0 Å². The zero-order valence-corrected chi connectivity index (χ0v) is 19.0. The van der Waals surface area contributed by atoms with Crippen molar-refractivity contribution in [3.63, 3.8) is 0 Å². The first-order valence-electron chi connectivity index (χ1n) is 11.1. The Morgan fingerprint density at radius 2 is 1.42 bits per heavy atom. The smallest absolute Gasteiger partial charge is 0.0897 e. The molecule has 1 heteroatoms. The standard InChI is InChI=1S/C25H43B/c1-17(2)14-23(19(5)6)26(24(20(7)8)15-18(3)4)21(9)25-12-10-22(16-25)11-13-25/h10,12,14-15,19-24H,11,13,16H2,1-9H3. The van der Waals surface area contributed by atoms with Crippen LogP contribution in [0.5, 0.6) is 0 Å². The molecule has 146 valence electrons. The second kappa shape index (κ2) is 8.53. The fraction of sp³-hybridized carbons (Fsp3) is 0.760. The average molecular weight is 354 g/mol.